The van der Waals surface area contributed by atoms with Crippen LogP contribution in [0.5, 0.6) is 0 Å². The van der Waals surface area contributed by atoms with Crippen LogP contribution in [-0.2, 0) is 0 Å². The van der Waals surface area contributed by atoms with Gasteiger partial charge >= 0.3 is 5.97 Å². The minimum absolute atomic E-state index is 0.00231. The molecule has 0 unspecified atom stereocenters. The number of carbonyl (C=O) groups is 2. The fraction of sp³-hybridized carbons (Fsp3) is 0.167. The topological polar surface area (TPSA) is 80.4 Å². The fourth-order valence-electron chi connectivity index (χ4n) is 0.670. The van der Waals surface area contributed by atoms with Crippen molar-refractivity contribution in [2.75, 3.05) is 0 Å². The number of aromatic carboxylic acids is 1. The number of rotatable bonds is 2. The van der Waals surface area contributed by atoms with Crippen molar-refractivity contribution in [3.63, 3.8) is 0 Å². The Kier molecular flexibility index (Phi) is 1.72. The molecule has 0 radical (unpaired) electrons. The molecule has 1 heterocycles. The molecule has 0 spiro atoms. The molecule has 1 aromatic rings. The van der Waals surface area contributed by atoms with Crippen molar-refractivity contribution >= 4 is 12.3 Å². The minimum atomic E-state index is -1.28. The molecule has 0 atom stereocenters. The van der Waals surface area contributed by atoms with Gasteiger partial charge in [0.05, 0.1) is 11.3 Å². The lowest BCUT2D eigenvalue weighted by Gasteiger charge is -1.84. The monoisotopic (exact) mass is 155 g/mol. The second kappa shape index (κ2) is 2.53. The van der Waals surface area contributed by atoms with E-state index < -0.39 is 11.7 Å². The highest BCUT2D eigenvalue weighted by atomic mass is 16.5. The average molecular weight is 155 g/mol. The maximum atomic E-state index is 10.3. The van der Waals surface area contributed by atoms with E-state index in [9.17, 15) is 9.59 Å². The van der Waals surface area contributed by atoms with Gasteiger partial charge in [0.15, 0.2) is 6.29 Å². The van der Waals surface area contributed by atoms with Gasteiger partial charge in [-0.25, -0.2) is 4.79 Å². The van der Waals surface area contributed by atoms with Crippen LogP contribution in [0.15, 0.2) is 4.52 Å². The molecule has 58 valence electrons. The van der Waals surface area contributed by atoms with E-state index in [1.54, 1.807) is 0 Å². The zero-order chi connectivity index (χ0) is 8.43. The molecule has 0 aliphatic heterocycles. The molecule has 5 heteroatoms. The molecule has 11 heavy (non-hydrogen) atoms. The number of aromatic nitrogens is 1. The molecule has 0 aliphatic carbocycles. The number of hydrogen-bond donors (Lipinski definition) is 1. The minimum Gasteiger partial charge on any atom is -0.475 e. The average Bonchev–Trinajstić information content (AvgIpc) is 2.30. The quantitative estimate of drug-likeness (QED) is 0.628. The van der Waals surface area contributed by atoms with Crippen LogP contribution in [0.25, 0.3) is 0 Å². The second-order valence-electron chi connectivity index (χ2n) is 1.93. The van der Waals surface area contributed by atoms with Crippen molar-refractivity contribution in [2.45, 2.75) is 6.92 Å². The highest BCUT2D eigenvalue weighted by Gasteiger charge is 2.17. The normalized spacial score (nSPS) is 9.55. The van der Waals surface area contributed by atoms with Crippen molar-refractivity contribution in [1.29, 1.82) is 0 Å². The maximum absolute atomic E-state index is 10.3. The molecule has 0 saturated heterocycles. The third-order valence-corrected chi connectivity index (χ3v) is 1.22. The number of aryl methyl sites for hydroxylation is 1. The molecule has 1 rings (SSSR count). The largest absolute Gasteiger partial charge is 0.475 e. The summed E-state index contributed by atoms with van der Waals surface area (Å²) in [6, 6.07) is 0. The van der Waals surface area contributed by atoms with Gasteiger partial charge in [0.2, 0.25) is 0 Å². The van der Waals surface area contributed by atoms with E-state index in [1.807, 2.05) is 0 Å². The smallest absolute Gasteiger partial charge is 0.375 e. The summed E-state index contributed by atoms with van der Waals surface area (Å²) in [4.78, 5) is 20.6. The van der Waals surface area contributed by atoms with E-state index in [0.29, 0.717) is 6.29 Å². The Hall–Kier alpha value is -1.65. The molecule has 0 saturated carbocycles. The first-order valence-corrected chi connectivity index (χ1v) is 2.81. The van der Waals surface area contributed by atoms with Crippen LogP contribution in [0.3, 0.4) is 0 Å². The summed E-state index contributed by atoms with van der Waals surface area (Å²) in [5, 5.41) is 11.7. The Morgan fingerprint density at radius 2 is 2.36 bits per heavy atom. The number of carboxylic acid groups (broad SMARTS) is 1. The standard InChI is InChI=1S/C6H5NO4/c1-3-4(2-8)5(6(9)10)11-7-3/h2H,1H3,(H,9,10). The van der Waals surface area contributed by atoms with Gasteiger partial charge in [-0.2, -0.15) is 0 Å². The van der Waals surface area contributed by atoms with Gasteiger partial charge in [0.25, 0.3) is 5.76 Å². The van der Waals surface area contributed by atoms with Gasteiger partial charge in [-0.15, -0.1) is 0 Å². The first-order valence-electron chi connectivity index (χ1n) is 2.81. The highest BCUT2D eigenvalue weighted by molar-refractivity contribution is 5.94. The highest BCUT2D eigenvalue weighted by Crippen LogP contribution is 2.09. The van der Waals surface area contributed by atoms with Crippen molar-refractivity contribution in [3.8, 4) is 0 Å². The van der Waals surface area contributed by atoms with Gasteiger partial charge in [-0.3, -0.25) is 4.79 Å². The lowest BCUT2D eigenvalue weighted by atomic mass is 10.2. The van der Waals surface area contributed by atoms with Gasteiger partial charge in [-0.05, 0) is 6.92 Å². The van der Waals surface area contributed by atoms with E-state index in [-0.39, 0.29) is 11.3 Å². The van der Waals surface area contributed by atoms with Crippen molar-refractivity contribution in [1.82, 2.24) is 5.16 Å². The van der Waals surface area contributed by atoms with Crippen molar-refractivity contribution in [2.24, 2.45) is 0 Å². The van der Waals surface area contributed by atoms with Crippen molar-refractivity contribution < 1.29 is 19.2 Å². The molecule has 0 aromatic carbocycles. The summed E-state index contributed by atoms with van der Waals surface area (Å²) in [5.41, 5.74) is 0.287. The molecule has 0 bridgehead atoms. The Labute approximate surface area is 61.6 Å². The Balaban J connectivity index is 3.26. The second-order valence-corrected chi connectivity index (χ2v) is 1.93. The Morgan fingerprint density at radius 1 is 1.73 bits per heavy atom. The summed E-state index contributed by atoms with van der Waals surface area (Å²) >= 11 is 0. The third kappa shape index (κ3) is 1.12. The molecular formula is C6H5NO4. The Bertz CT molecular complexity index is 302. The van der Waals surface area contributed by atoms with Crippen molar-refractivity contribution in [3.05, 3.63) is 17.0 Å². The summed E-state index contributed by atoms with van der Waals surface area (Å²) in [7, 11) is 0. The molecule has 0 amide bonds. The van der Waals surface area contributed by atoms with Gasteiger partial charge in [-0.1, -0.05) is 5.16 Å². The molecule has 1 N–H and O–H groups in total. The molecule has 0 aliphatic rings. The summed E-state index contributed by atoms with van der Waals surface area (Å²) < 4.78 is 4.37. The number of carboxylic acids is 1. The first-order chi connectivity index (χ1) is 5.16. The first kappa shape index (κ1) is 7.46. The van der Waals surface area contributed by atoms with Crippen LogP contribution in [0, 0.1) is 6.92 Å². The summed E-state index contributed by atoms with van der Waals surface area (Å²) in [6.45, 7) is 1.50. The lowest BCUT2D eigenvalue weighted by Crippen LogP contribution is -1.98. The molecule has 5 nitrogen and oxygen atoms in total. The number of hydrogen-bond acceptors (Lipinski definition) is 4. The number of aldehydes is 1. The van der Waals surface area contributed by atoms with Gasteiger partial charge in [0, 0.05) is 0 Å². The van der Waals surface area contributed by atoms with Crippen LogP contribution in [0.4, 0.5) is 0 Å². The SMILES string of the molecule is Cc1noc(C(=O)O)c1C=O. The maximum Gasteiger partial charge on any atom is 0.375 e. The van der Waals surface area contributed by atoms with Crippen LogP contribution in [0.2, 0.25) is 0 Å². The van der Waals surface area contributed by atoms with E-state index in [0.717, 1.165) is 0 Å². The van der Waals surface area contributed by atoms with Gasteiger partial charge < -0.3 is 9.63 Å². The van der Waals surface area contributed by atoms with Crippen LogP contribution in [-0.4, -0.2) is 22.5 Å². The zero-order valence-electron chi connectivity index (χ0n) is 5.70. The predicted molar refractivity (Wildman–Crippen MR) is 33.6 cm³/mol. The summed E-state index contributed by atoms with van der Waals surface area (Å²) in [5.74, 6) is -1.69. The number of carbonyl (C=O) groups excluding carboxylic acids is 1. The third-order valence-electron chi connectivity index (χ3n) is 1.22. The molecule has 0 fully saturated rings. The van der Waals surface area contributed by atoms with Crippen LogP contribution < -0.4 is 0 Å². The fourth-order valence-corrected chi connectivity index (χ4v) is 0.670. The zero-order valence-corrected chi connectivity index (χ0v) is 5.70. The van der Waals surface area contributed by atoms with E-state index >= 15 is 0 Å². The Morgan fingerprint density at radius 3 is 2.73 bits per heavy atom. The predicted octanol–water partition coefficient (Wildman–Crippen LogP) is 0.494. The van der Waals surface area contributed by atoms with Gasteiger partial charge in [0.1, 0.15) is 0 Å². The lowest BCUT2D eigenvalue weighted by molar-refractivity contribution is 0.0648. The molecular weight excluding hydrogens is 150 g/mol. The van der Waals surface area contributed by atoms with E-state index in [1.165, 1.54) is 6.92 Å². The van der Waals surface area contributed by atoms with E-state index in [2.05, 4.69) is 9.68 Å². The van der Waals surface area contributed by atoms with Crippen LogP contribution >= 0.6 is 0 Å². The molecule has 1 aromatic heterocycles. The van der Waals surface area contributed by atoms with Crippen LogP contribution in [0.1, 0.15) is 26.6 Å². The van der Waals surface area contributed by atoms with E-state index in [4.69, 9.17) is 5.11 Å². The summed E-state index contributed by atoms with van der Waals surface area (Å²) in [6.07, 6.45) is 0.412. The number of nitrogens with zero attached hydrogens (tertiary/aromatic N) is 1.